The van der Waals surface area contributed by atoms with Gasteiger partial charge in [0.2, 0.25) is 0 Å². The number of hydrogen-bond donors (Lipinski definition) is 2. The molecule has 1 atom stereocenters. The van der Waals surface area contributed by atoms with Crippen LogP contribution in [0.4, 0.5) is 10.5 Å². The van der Waals surface area contributed by atoms with E-state index in [9.17, 15) is 14.9 Å². The monoisotopic (exact) mass is 321 g/mol. The summed E-state index contributed by atoms with van der Waals surface area (Å²) in [6.45, 7) is 1.72. The van der Waals surface area contributed by atoms with Crippen LogP contribution >= 0.6 is 11.6 Å². The van der Waals surface area contributed by atoms with Gasteiger partial charge in [-0.2, -0.15) is 0 Å². The molecule has 0 spiro atoms. The van der Waals surface area contributed by atoms with Crippen molar-refractivity contribution < 1.29 is 14.8 Å². The number of carbonyl (C=O) groups is 1. The third kappa shape index (κ3) is 3.50. The maximum absolute atomic E-state index is 10.7. The molecule has 1 aromatic heterocycles. The predicted octanol–water partition coefficient (Wildman–Crippen LogP) is 3.64. The van der Waals surface area contributed by atoms with Gasteiger partial charge in [-0.15, -0.1) is 0 Å². The van der Waals surface area contributed by atoms with Crippen LogP contribution in [0.5, 0.6) is 0 Å². The molecule has 114 valence electrons. The Morgan fingerprint density at radius 1 is 1.41 bits per heavy atom. The van der Waals surface area contributed by atoms with Crippen molar-refractivity contribution in [2.75, 3.05) is 0 Å². The van der Waals surface area contributed by atoms with Crippen LogP contribution < -0.4 is 5.32 Å². The van der Waals surface area contributed by atoms with E-state index in [1.54, 1.807) is 31.2 Å². The number of amides is 1. The first kappa shape index (κ1) is 15.7. The Kier molecular flexibility index (Phi) is 4.57. The summed E-state index contributed by atoms with van der Waals surface area (Å²) < 4.78 is 0. The molecule has 1 heterocycles. The normalized spacial score (nSPS) is 11.7. The molecule has 0 saturated carbocycles. The molecule has 2 rings (SSSR count). The number of nitrogens with zero attached hydrogens (tertiary/aromatic N) is 2. The lowest BCUT2D eigenvalue weighted by atomic mass is 10.0. The lowest BCUT2D eigenvalue weighted by Gasteiger charge is -2.12. The second-order valence-electron chi connectivity index (χ2n) is 4.57. The van der Waals surface area contributed by atoms with E-state index in [1.807, 2.05) is 0 Å². The van der Waals surface area contributed by atoms with E-state index in [4.69, 9.17) is 16.7 Å². The van der Waals surface area contributed by atoms with Crippen molar-refractivity contribution in [3.63, 3.8) is 0 Å². The Morgan fingerprint density at radius 3 is 2.55 bits per heavy atom. The van der Waals surface area contributed by atoms with Gasteiger partial charge in [0, 0.05) is 11.6 Å². The summed E-state index contributed by atoms with van der Waals surface area (Å²) in [6.07, 6.45) is 0.0423. The predicted molar refractivity (Wildman–Crippen MR) is 80.9 cm³/mol. The summed E-state index contributed by atoms with van der Waals surface area (Å²) in [6, 6.07) is 7.84. The fraction of sp³-hybridized carbons (Fsp3) is 0.143. The van der Waals surface area contributed by atoms with Crippen LogP contribution in [-0.2, 0) is 0 Å². The summed E-state index contributed by atoms with van der Waals surface area (Å²) in [5.41, 5.74) is 1.72. The number of pyridine rings is 1. The number of carboxylic acid groups (broad SMARTS) is 1. The van der Waals surface area contributed by atoms with Crippen molar-refractivity contribution in [3.05, 3.63) is 57.2 Å². The van der Waals surface area contributed by atoms with Crippen LogP contribution in [0.3, 0.4) is 0 Å². The molecule has 1 aromatic carbocycles. The van der Waals surface area contributed by atoms with Gasteiger partial charge in [-0.1, -0.05) is 35.9 Å². The fourth-order valence-corrected chi connectivity index (χ4v) is 2.21. The first-order valence-electron chi connectivity index (χ1n) is 6.28. The zero-order valence-electron chi connectivity index (χ0n) is 11.5. The summed E-state index contributed by atoms with van der Waals surface area (Å²) in [7, 11) is 0. The van der Waals surface area contributed by atoms with Crippen molar-refractivity contribution in [3.8, 4) is 11.3 Å². The molecule has 0 aliphatic rings. The number of nitro groups is 1. The largest absolute Gasteiger partial charge is 0.465 e. The van der Waals surface area contributed by atoms with Crippen molar-refractivity contribution in [1.29, 1.82) is 0 Å². The molecule has 2 N–H and O–H groups in total. The first-order valence-corrected chi connectivity index (χ1v) is 6.66. The quantitative estimate of drug-likeness (QED) is 0.660. The van der Waals surface area contributed by atoms with Crippen LogP contribution in [0.1, 0.15) is 18.5 Å². The fourth-order valence-electron chi connectivity index (χ4n) is 1.94. The Morgan fingerprint density at radius 2 is 2.05 bits per heavy atom. The van der Waals surface area contributed by atoms with Crippen molar-refractivity contribution in [2.45, 2.75) is 13.0 Å². The van der Waals surface area contributed by atoms with Gasteiger partial charge in [0.15, 0.2) is 0 Å². The van der Waals surface area contributed by atoms with Gasteiger partial charge in [-0.3, -0.25) is 10.1 Å². The van der Waals surface area contributed by atoms with E-state index in [2.05, 4.69) is 10.3 Å². The van der Waals surface area contributed by atoms with E-state index in [1.165, 1.54) is 6.07 Å². The SMILES string of the molecule is CC(NC(=O)O)c1ccc(-c2ncc([N+](=O)[O-])cc2Cl)cc1. The zero-order chi connectivity index (χ0) is 16.3. The molecular formula is C14H12ClN3O4. The second kappa shape index (κ2) is 6.40. The highest BCUT2D eigenvalue weighted by molar-refractivity contribution is 6.33. The minimum Gasteiger partial charge on any atom is -0.465 e. The highest BCUT2D eigenvalue weighted by atomic mass is 35.5. The highest BCUT2D eigenvalue weighted by Gasteiger charge is 2.13. The Hall–Kier alpha value is -2.67. The molecule has 8 heteroatoms. The second-order valence-corrected chi connectivity index (χ2v) is 4.98. The number of rotatable bonds is 4. The molecular weight excluding hydrogens is 310 g/mol. The van der Waals surface area contributed by atoms with Crippen LogP contribution in [0, 0.1) is 10.1 Å². The van der Waals surface area contributed by atoms with Gasteiger partial charge in [-0.05, 0) is 12.5 Å². The number of nitrogens with one attached hydrogen (secondary N) is 1. The molecule has 0 bridgehead atoms. The molecule has 0 aliphatic carbocycles. The highest BCUT2D eigenvalue weighted by Crippen LogP contribution is 2.29. The maximum Gasteiger partial charge on any atom is 0.405 e. The van der Waals surface area contributed by atoms with Gasteiger partial charge in [0.1, 0.15) is 6.20 Å². The van der Waals surface area contributed by atoms with Crippen molar-refractivity contribution in [1.82, 2.24) is 10.3 Å². The third-order valence-electron chi connectivity index (χ3n) is 3.06. The van der Waals surface area contributed by atoms with E-state index >= 15 is 0 Å². The van der Waals surface area contributed by atoms with Crippen LogP contribution in [-0.4, -0.2) is 21.1 Å². The van der Waals surface area contributed by atoms with E-state index in [0.717, 1.165) is 11.8 Å². The molecule has 2 aromatic rings. The average molecular weight is 322 g/mol. The number of benzene rings is 1. The topological polar surface area (TPSA) is 105 Å². The van der Waals surface area contributed by atoms with E-state index < -0.39 is 11.0 Å². The van der Waals surface area contributed by atoms with Crippen molar-refractivity contribution >= 4 is 23.4 Å². The molecule has 7 nitrogen and oxygen atoms in total. The van der Waals surface area contributed by atoms with Gasteiger partial charge in [0.05, 0.1) is 21.7 Å². The summed E-state index contributed by atoms with van der Waals surface area (Å²) >= 11 is 6.02. The summed E-state index contributed by atoms with van der Waals surface area (Å²) in [5, 5.41) is 21.9. The summed E-state index contributed by atoms with van der Waals surface area (Å²) in [4.78, 5) is 24.7. The van der Waals surface area contributed by atoms with E-state index in [0.29, 0.717) is 11.3 Å². The molecule has 1 amide bonds. The van der Waals surface area contributed by atoms with Gasteiger partial charge >= 0.3 is 6.09 Å². The number of halogens is 1. The third-order valence-corrected chi connectivity index (χ3v) is 3.35. The van der Waals surface area contributed by atoms with E-state index in [-0.39, 0.29) is 16.8 Å². The summed E-state index contributed by atoms with van der Waals surface area (Å²) in [5.74, 6) is 0. The lowest BCUT2D eigenvalue weighted by Crippen LogP contribution is -2.24. The van der Waals surface area contributed by atoms with Gasteiger partial charge in [0.25, 0.3) is 5.69 Å². The minimum atomic E-state index is -1.10. The standard InChI is InChI=1S/C14H12ClN3O4/c1-8(17-14(19)20)9-2-4-10(5-3-9)13-12(15)6-11(7-16-13)18(21)22/h2-8,17H,1H3,(H,19,20). The average Bonchev–Trinajstić information content (AvgIpc) is 2.46. The number of hydrogen-bond acceptors (Lipinski definition) is 4. The Bertz CT molecular complexity index is 719. The number of aromatic nitrogens is 1. The smallest absolute Gasteiger partial charge is 0.405 e. The van der Waals surface area contributed by atoms with Crippen molar-refractivity contribution in [2.24, 2.45) is 0 Å². The Labute approximate surface area is 130 Å². The molecule has 0 saturated heterocycles. The lowest BCUT2D eigenvalue weighted by molar-refractivity contribution is -0.385. The molecule has 0 aliphatic heterocycles. The molecule has 22 heavy (non-hydrogen) atoms. The molecule has 0 radical (unpaired) electrons. The van der Waals surface area contributed by atoms with Crippen LogP contribution in [0.2, 0.25) is 5.02 Å². The molecule has 1 unspecified atom stereocenters. The molecule has 0 fully saturated rings. The van der Waals surface area contributed by atoms with Gasteiger partial charge < -0.3 is 10.4 Å². The minimum absolute atomic E-state index is 0.176. The first-order chi connectivity index (χ1) is 10.4. The zero-order valence-corrected chi connectivity index (χ0v) is 12.2. The maximum atomic E-state index is 10.7. The van der Waals surface area contributed by atoms with Gasteiger partial charge in [-0.25, -0.2) is 9.78 Å². The Balaban J connectivity index is 2.27. The van der Waals surface area contributed by atoms with Crippen LogP contribution in [0.15, 0.2) is 36.5 Å². The van der Waals surface area contributed by atoms with Crippen LogP contribution in [0.25, 0.3) is 11.3 Å².